The summed E-state index contributed by atoms with van der Waals surface area (Å²) in [5.74, 6) is 5.34. The lowest BCUT2D eigenvalue weighted by Crippen LogP contribution is -2.53. The van der Waals surface area contributed by atoms with Gasteiger partial charge in [-0.05, 0) is 30.3 Å². The largest absolute Gasteiger partial charge is 0.340 e. The molecule has 0 bridgehead atoms. The molecule has 4 nitrogen and oxygen atoms in total. The third kappa shape index (κ3) is 1.90. The van der Waals surface area contributed by atoms with Crippen molar-refractivity contribution < 1.29 is 9.18 Å². The van der Waals surface area contributed by atoms with Gasteiger partial charge in [0.05, 0.1) is 0 Å². The number of hydrogen-bond acceptors (Lipinski definition) is 4. The monoisotopic (exact) mass is 221 g/mol. The maximum absolute atomic E-state index is 12.8. The second kappa shape index (κ2) is 4.32. The van der Waals surface area contributed by atoms with Crippen LogP contribution in [0.4, 0.5) is 10.1 Å². The lowest BCUT2D eigenvalue weighted by atomic mass is 10.2. The molecule has 2 rings (SSSR count). The number of nitrogens with two attached hydrogens (primary N) is 1. The molecule has 0 aromatic heterocycles. The maximum atomic E-state index is 12.8. The highest BCUT2D eigenvalue weighted by molar-refractivity contribution is 5.66. The van der Waals surface area contributed by atoms with Crippen LogP contribution in [-0.4, -0.2) is 24.0 Å². The average Bonchev–Trinajstić information content (AvgIpc) is 2.30. The summed E-state index contributed by atoms with van der Waals surface area (Å²) in [4.78, 5) is 12.7. The fraction of sp³-hybridized carbons (Fsp3) is 0.182. The van der Waals surface area contributed by atoms with Crippen LogP contribution in [-0.2, 0) is 4.79 Å². The Kier molecular flexibility index (Phi) is 2.87. The third-order valence-electron chi connectivity index (χ3n) is 2.48. The van der Waals surface area contributed by atoms with Crippen molar-refractivity contribution in [3.8, 4) is 0 Å². The van der Waals surface area contributed by atoms with Gasteiger partial charge in [-0.2, -0.15) is 0 Å². The van der Waals surface area contributed by atoms with Crippen molar-refractivity contribution in [2.75, 3.05) is 11.4 Å². The first-order valence-corrected chi connectivity index (χ1v) is 4.89. The van der Waals surface area contributed by atoms with E-state index >= 15 is 0 Å². The summed E-state index contributed by atoms with van der Waals surface area (Å²) in [5.41, 5.74) is 0.762. The molecular weight excluding hydrogens is 209 g/mol. The molecule has 0 fully saturated rings. The molecule has 1 aromatic rings. The summed E-state index contributed by atoms with van der Waals surface area (Å²) in [6.45, 7) is 0.572. The van der Waals surface area contributed by atoms with Crippen molar-refractivity contribution in [2.24, 2.45) is 5.84 Å². The Bertz CT molecular complexity index is 404. The zero-order valence-electron chi connectivity index (χ0n) is 8.58. The van der Waals surface area contributed by atoms with Gasteiger partial charge < -0.3 is 4.90 Å². The van der Waals surface area contributed by atoms with E-state index in [1.807, 2.05) is 6.08 Å². The molecule has 0 saturated heterocycles. The quantitative estimate of drug-likeness (QED) is 0.594. The number of carbonyl (C=O) groups is 1. The Labute approximate surface area is 92.7 Å². The van der Waals surface area contributed by atoms with E-state index in [2.05, 4.69) is 0 Å². The maximum Gasteiger partial charge on any atom is 0.172 e. The van der Waals surface area contributed by atoms with E-state index in [4.69, 9.17) is 5.84 Å². The van der Waals surface area contributed by atoms with E-state index in [-0.39, 0.29) is 5.82 Å². The average molecular weight is 221 g/mol. The molecular formula is C11H12FN3O. The van der Waals surface area contributed by atoms with Gasteiger partial charge in [-0.3, -0.25) is 9.80 Å². The number of carbonyl (C=O) groups excluding carboxylic acids is 1. The number of nitrogens with zero attached hydrogens (tertiary/aromatic N) is 2. The molecule has 1 unspecified atom stereocenters. The second-order valence-electron chi connectivity index (χ2n) is 3.51. The highest BCUT2D eigenvalue weighted by Gasteiger charge is 2.23. The number of anilines is 1. The van der Waals surface area contributed by atoms with Crippen molar-refractivity contribution in [2.45, 2.75) is 6.17 Å². The predicted molar refractivity (Wildman–Crippen MR) is 58.8 cm³/mol. The van der Waals surface area contributed by atoms with Crippen LogP contribution in [0.1, 0.15) is 0 Å². The van der Waals surface area contributed by atoms with Gasteiger partial charge in [-0.25, -0.2) is 10.2 Å². The first-order valence-electron chi connectivity index (χ1n) is 4.89. The van der Waals surface area contributed by atoms with E-state index in [1.54, 1.807) is 23.2 Å². The number of rotatable bonds is 2. The summed E-state index contributed by atoms with van der Waals surface area (Å²) in [7, 11) is 0. The molecule has 0 spiro atoms. The molecule has 1 atom stereocenters. The summed E-state index contributed by atoms with van der Waals surface area (Å²) in [6.07, 6.45) is 3.70. The van der Waals surface area contributed by atoms with E-state index in [0.29, 0.717) is 6.54 Å². The Morgan fingerprint density at radius 1 is 1.38 bits per heavy atom. The number of halogens is 1. The van der Waals surface area contributed by atoms with Crippen LogP contribution in [0.5, 0.6) is 0 Å². The van der Waals surface area contributed by atoms with Gasteiger partial charge in [0, 0.05) is 18.4 Å². The first kappa shape index (κ1) is 10.6. The second-order valence-corrected chi connectivity index (χ2v) is 3.51. The van der Waals surface area contributed by atoms with Gasteiger partial charge in [0.15, 0.2) is 12.5 Å². The fourth-order valence-corrected chi connectivity index (χ4v) is 1.67. The minimum absolute atomic E-state index is 0.302. The SMILES string of the molecule is NN1C=CCN(c2ccc(F)cc2)C1C=O. The zero-order valence-corrected chi connectivity index (χ0v) is 8.58. The molecule has 0 saturated carbocycles. The molecule has 1 aliphatic rings. The first-order chi connectivity index (χ1) is 7.72. The topological polar surface area (TPSA) is 49.6 Å². The van der Waals surface area contributed by atoms with Gasteiger partial charge in [0.25, 0.3) is 0 Å². The smallest absolute Gasteiger partial charge is 0.172 e. The lowest BCUT2D eigenvalue weighted by molar-refractivity contribution is -0.111. The fourth-order valence-electron chi connectivity index (χ4n) is 1.67. The van der Waals surface area contributed by atoms with Crippen LogP contribution in [0.3, 0.4) is 0 Å². The molecule has 0 radical (unpaired) electrons. The zero-order chi connectivity index (χ0) is 11.5. The Hall–Kier alpha value is -1.88. The number of aldehydes is 1. The van der Waals surface area contributed by atoms with Crippen molar-refractivity contribution in [1.29, 1.82) is 0 Å². The van der Waals surface area contributed by atoms with Gasteiger partial charge >= 0.3 is 0 Å². The van der Waals surface area contributed by atoms with Gasteiger partial charge in [0.1, 0.15) is 5.82 Å². The van der Waals surface area contributed by atoms with Gasteiger partial charge in [0.2, 0.25) is 0 Å². The summed E-state index contributed by atoms with van der Waals surface area (Å²) < 4.78 is 12.8. The summed E-state index contributed by atoms with van der Waals surface area (Å²) in [6, 6.07) is 5.96. The van der Waals surface area contributed by atoms with Crippen LogP contribution < -0.4 is 10.7 Å². The van der Waals surface area contributed by atoms with Gasteiger partial charge in [-0.1, -0.05) is 0 Å². The van der Waals surface area contributed by atoms with E-state index < -0.39 is 6.17 Å². The molecule has 0 amide bonds. The van der Waals surface area contributed by atoms with Crippen molar-refractivity contribution in [1.82, 2.24) is 5.01 Å². The number of hydrazine groups is 1. The van der Waals surface area contributed by atoms with Crippen LogP contribution in [0.2, 0.25) is 0 Å². The summed E-state index contributed by atoms with van der Waals surface area (Å²) in [5, 5.41) is 1.32. The third-order valence-corrected chi connectivity index (χ3v) is 2.48. The Morgan fingerprint density at radius 3 is 2.69 bits per heavy atom. The lowest BCUT2D eigenvalue weighted by Gasteiger charge is -2.37. The van der Waals surface area contributed by atoms with Gasteiger partial charge in [-0.15, -0.1) is 0 Å². The minimum Gasteiger partial charge on any atom is -0.340 e. The molecule has 84 valence electrons. The highest BCUT2D eigenvalue weighted by Crippen LogP contribution is 2.20. The van der Waals surface area contributed by atoms with E-state index in [1.165, 1.54) is 17.1 Å². The Morgan fingerprint density at radius 2 is 2.06 bits per heavy atom. The van der Waals surface area contributed by atoms with Crippen LogP contribution in [0, 0.1) is 5.82 Å². The minimum atomic E-state index is -0.546. The van der Waals surface area contributed by atoms with Crippen LogP contribution in [0.25, 0.3) is 0 Å². The van der Waals surface area contributed by atoms with Crippen LogP contribution >= 0.6 is 0 Å². The molecule has 2 N–H and O–H groups in total. The molecule has 16 heavy (non-hydrogen) atoms. The van der Waals surface area contributed by atoms with Crippen molar-refractivity contribution in [3.63, 3.8) is 0 Å². The van der Waals surface area contributed by atoms with E-state index in [9.17, 15) is 9.18 Å². The molecule has 5 heteroatoms. The molecule has 1 aliphatic heterocycles. The number of benzene rings is 1. The molecule has 1 aromatic carbocycles. The summed E-state index contributed by atoms with van der Waals surface area (Å²) >= 11 is 0. The van der Waals surface area contributed by atoms with Crippen molar-refractivity contribution >= 4 is 12.0 Å². The number of hydrogen-bond donors (Lipinski definition) is 1. The standard InChI is InChI=1S/C11H12FN3O/c12-9-2-4-10(5-3-9)14-6-1-7-15(13)11(14)8-16/h1-5,7-8,11H,6,13H2. The highest BCUT2D eigenvalue weighted by atomic mass is 19.1. The van der Waals surface area contributed by atoms with E-state index in [0.717, 1.165) is 12.0 Å². The van der Waals surface area contributed by atoms with Crippen LogP contribution in [0.15, 0.2) is 36.5 Å². The molecule has 0 aliphatic carbocycles. The molecule has 1 heterocycles. The van der Waals surface area contributed by atoms with Crippen molar-refractivity contribution in [3.05, 3.63) is 42.4 Å². The Balaban J connectivity index is 2.29. The predicted octanol–water partition coefficient (Wildman–Crippen LogP) is 0.860. The normalized spacial score (nSPS) is 20.0.